The molecule has 2 rings (SSSR count). The van der Waals surface area contributed by atoms with Crippen molar-refractivity contribution in [3.8, 4) is 5.88 Å². The predicted octanol–water partition coefficient (Wildman–Crippen LogP) is 2.28. The van der Waals surface area contributed by atoms with Crippen LogP contribution in [0.3, 0.4) is 0 Å². The van der Waals surface area contributed by atoms with Gasteiger partial charge in [0.2, 0.25) is 11.8 Å². The first kappa shape index (κ1) is 14.2. The Balaban J connectivity index is 2.01. The fourth-order valence-corrected chi connectivity index (χ4v) is 1.58. The molecular weight excluding hydrogens is 254 g/mol. The van der Waals surface area contributed by atoms with Gasteiger partial charge in [0.05, 0.1) is 30.7 Å². The van der Waals surface area contributed by atoms with Crippen molar-refractivity contribution in [1.29, 1.82) is 0 Å². The predicted molar refractivity (Wildman–Crippen MR) is 76.7 cm³/mol. The van der Waals surface area contributed by atoms with Gasteiger partial charge in [-0.25, -0.2) is 4.98 Å². The highest BCUT2D eigenvalue weighted by atomic mass is 16.5. The minimum absolute atomic E-state index is 0.532. The van der Waals surface area contributed by atoms with Crippen molar-refractivity contribution in [3.05, 3.63) is 35.5 Å². The highest BCUT2D eigenvalue weighted by Gasteiger charge is 2.03. The number of nitrogens with one attached hydrogen (secondary N) is 1. The van der Waals surface area contributed by atoms with Gasteiger partial charge in [-0.3, -0.25) is 9.97 Å². The first-order valence-corrected chi connectivity index (χ1v) is 6.67. The summed E-state index contributed by atoms with van der Waals surface area (Å²) in [5, 5.41) is 3.13. The van der Waals surface area contributed by atoms with E-state index < -0.39 is 0 Å². The van der Waals surface area contributed by atoms with Gasteiger partial charge < -0.3 is 10.1 Å². The van der Waals surface area contributed by atoms with Crippen LogP contribution in [0.25, 0.3) is 0 Å². The van der Waals surface area contributed by atoms with Gasteiger partial charge in [-0.1, -0.05) is 6.92 Å². The normalized spacial score (nSPS) is 10.3. The molecule has 106 valence electrons. The van der Waals surface area contributed by atoms with E-state index in [1.807, 2.05) is 19.9 Å². The molecule has 0 radical (unpaired) electrons. The van der Waals surface area contributed by atoms with Gasteiger partial charge in [0.15, 0.2) is 0 Å². The van der Waals surface area contributed by atoms with Gasteiger partial charge in [0.1, 0.15) is 0 Å². The van der Waals surface area contributed by atoms with Crippen molar-refractivity contribution in [2.45, 2.75) is 33.7 Å². The van der Waals surface area contributed by atoms with Gasteiger partial charge >= 0.3 is 0 Å². The van der Waals surface area contributed by atoms with Crippen LogP contribution in [0.5, 0.6) is 5.88 Å². The molecule has 2 aromatic rings. The van der Waals surface area contributed by atoms with Gasteiger partial charge in [-0.05, 0) is 20.3 Å². The van der Waals surface area contributed by atoms with Crippen LogP contribution < -0.4 is 10.1 Å². The summed E-state index contributed by atoms with van der Waals surface area (Å²) in [5.74, 6) is 1.13. The van der Waals surface area contributed by atoms with E-state index >= 15 is 0 Å². The highest BCUT2D eigenvalue weighted by molar-refractivity contribution is 5.31. The fraction of sp³-hybridized carbons (Fsp3) is 0.429. The Morgan fingerprint density at radius 3 is 2.65 bits per heavy atom. The molecule has 2 aromatic heterocycles. The SMILES string of the molecule is CCCOc1cc(C)nc(NCc2cnc(C)cn2)n1. The molecule has 0 aliphatic heterocycles. The molecule has 1 N–H and O–H groups in total. The summed E-state index contributed by atoms with van der Waals surface area (Å²) >= 11 is 0. The molecule has 0 unspecified atom stereocenters. The molecule has 0 saturated heterocycles. The van der Waals surface area contributed by atoms with Crippen molar-refractivity contribution >= 4 is 5.95 Å². The lowest BCUT2D eigenvalue weighted by Gasteiger charge is -2.08. The maximum absolute atomic E-state index is 5.53. The Morgan fingerprint density at radius 2 is 1.95 bits per heavy atom. The van der Waals surface area contributed by atoms with E-state index in [2.05, 4.69) is 32.2 Å². The topological polar surface area (TPSA) is 72.8 Å². The zero-order valence-electron chi connectivity index (χ0n) is 12.1. The lowest BCUT2D eigenvalue weighted by Crippen LogP contribution is -2.08. The van der Waals surface area contributed by atoms with Crippen molar-refractivity contribution in [3.63, 3.8) is 0 Å². The Labute approximate surface area is 118 Å². The van der Waals surface area contributed by atoms with Gasteiger partial charge in [-0.2, -0.15) is 4.98 Å². The van der Waals surface area contributed by atoms with Crippen LogP contribution in [0.2, 0.25) is 0 Å². The summed E-state index contributed by atoms with van der Waals surface area (Å²) in [7, 11) is 0. The Morgan fingerprint density at radius 1 is 1.10 bits per heavy atom. The average molecular weight is 273 g/mol. The molecule has 6 nitrogen and oxygen atoms in total. The number of hydrogen-bond acceptors (Lipinski definition) is 6. The maximum atomic E-state index is 5.53. The second-order valence-electron chi connectivity index (χ2n) is 4.52. The van der Waals surface area contributed by atoms with Crippen LogP contribution in [0.1, 0.15) is 30.4 Å². The van der Waals surface area contributed by atoms with Gasteiger partial charge in [0, 0.05) is 18.0 Å². The molecule has 0 atom stereocenters. The molecule has 0 fully saturated rings. The number of rotatable bonds is 6. The summed E-state index contributed by atoms with van der Waals surface area (Å²) in [5.41, 5.74) is 2.61. The Hall–Kier alpha value is -2.24. The van der Waals surface area contributed by atoms with E-state index in [9.17, 15) is 0 Å². The van der Waals surface area contributed by atoms with Crippen LogP contribution in [-0.2, 0) is 6.54 Å². The monoisotopic (exact) mass is 273 g/mol. The molecule has 6 heteroatoms. The average Bonchev–Trinajstić information content (AvgIpc) is 2.44. The summed E-state index contributed by atoms with van der Waals surface area (Å²) in [6.45, 7) is 7.06. The zero-order chi connectivity index (χ0) is 14.4. The third-order valence-corrected chi connectivity index (χ3v) is 2.55. The van der Waals surface area contributed by atoms with Crippen LogP contribution in [0.15, 0.2) is 18.5 Å². The first-order chi connectivity index (χ1) is 9.67. The van der Waals surface area contributed by atoms with Gasteiger partial charge in [0.25, 0.3) is 0 Å². The molecule has 0 aromatic carbocycles. The fourth-order valence-electron chi connectivity index (χ4n) is 1.58. The Kier molecular flexibility index (Phi) is 4.81. The van der Waals surface area contributed by atoms with E-state index in [0.717, 1.165) is 23.5 Å². The third kappa shape index (κ3) is 4.15. The lowest BCUT2D eigenvalue weighted by atomic mass is 10.4. The van der Waals surface area contributed by atoms with E-state index in [4.69, 9.17) is 4.74 Å². The van der Waals surface area contributed by atoms with Crippen LogP contribution >= 0.6 is 0 Å². The van der Waals surface area contributed by atoms with E-state index in [1.165, 1.54) is 0 Å². The molecule has 0 bridgehead atoms. The largest absolute Gasteiger partial charge is 0.478 e. The molecule has 0 amide bonds. The first-order valence-electron chi connectivity index (χ1n) is 6.67. The quantitative estimate of drug-likeness (QED) is 0.870. The Bertz CT molecular complexity index is 556. The molecule has 2 heterocycles. The minimum atomic E-state index is 0.532. The smallest absolute Gasteiger partial charge is 0.226 e. The third-order valence-electron chi connectivity index (χ3n) is 2.55. The van der Waals surface area contributed by atoms with Crippen LogP contribution in [0, 0.1) is 13.8 Å². The number of aryl methyl sites for hydroxylation is 2. The lowest BCUT2D eigenvalue weighted by molar-refractivity contribution is 0.305. The molecule has 20 heavy (non-hydrogen) atoms. The van der Waals surface area contributed by atoms with Crippen molar-refractivity contribution < 1.29 is 4.74 Å². The second kappa shape index (κ2) is 6.79. The molecule has 0 aliphatic carbocycles. The van der Waals surface area contributed by atoms with Gasteiger partial charge in [-0.15, -0.1) is 0 Å². The van der Waals surface area contributed by atoms with Crippen molar-refractivity contribution in [2.24, 2.45) is 0 Å². The number of nitrogens with zero attached hydrogens (tertiary/aromatic N) is 4. The number of ether oxygens (including phenoxy) is 1. The van der Waals surface area contributed by atoms with E-state index in [-0.39, 0.29) is 0 Å². The number of anilines is 1. The summed E-state index contributed by atoms with van der Waals surface area (Å²) in [4.78, 5) is 17.1. The second-order valence-corrected chi connectivity index (χ2v) is 4.52. The van der Waals surface area contributed by atoms with Crippen LogP contribution in [0.4, 0.5) is 5.95 Å². The number of aromatic nitrogens is 4. The standard InChI is InChI=1S/C14H19N5O/c1-4-5-20-13-6-10(2)18-14(19-13)17-9-12-8-15-11(3)7-16-12/h6-8H,4-5,9H2,1-3H3,(H,17,18,19). The highest BCUT2D eigenvalue weighted by Crippen LogP contribution is 2.12. The van der Waals surface area contributed by atoms with Crippen LogP contribution in [-0.4, -0.2) is 26.5 Å². The maximum Gasteiger partial charge on any atom is 0.226 e. The summed E-state index contributed by atoms with van der Waals surface area (Å²) < 4.78 is 5.53. The molecule has 0 aliphatic rings. The summed E-state index contributed by atoms with van der Waals surface area (Å²) in [6.07, 6.45) is 4.43. The molecule has 0 saturated carbocycles. The number of hydrogen-bond donors (Lipinski definition) is 1. The van der Waals surface area contributed by atoms with E-state index in [0.29, 0.717) is 25.0 Å². The molecular formula is C14H19N5O. The minimum Gasteiger partial charge on any atom is -0.478 e. The molecule has 0 spiro atoms. The zero-order valence-corrected chi connectivity index (χ0v) is 12.1. The van der Waals surface area contributed by atoms with E-state index in [1.54, 1.807) is 12.4 Å². The summed E-state index contributed by atoms with van der Waals surface area (Å²) in [6, 6.07) is 1.83. The van der Waals surface area contributed by atoms with Crippen molar-refractivity contribution in [2.75, 3.05) is 11.9 Å². The van der Waals surface area contributed by atoms with Crippen molar-refractivity contribution in [1.82, 2.24) is 19.9 Å².